The topological polar surface area (TPSA) is 184 Å². The van der Waals surface area contributed by atoms with Crippen LogP contribution < -0.4 is 26.6 Å². The van der Waals surface area contributed by atoms with Crippen LogP contribution in [0.2, 0.25) is 40.2 Å². The first kappa shape index (κ1) is 96.4. The van der Waals surface area contributed by atoms with E-state index in [1.54, 1.807) is 122 Å². The average molecular weight is 1830 g/mol. The Balaban J connectivity index is 0.000000352. The molecule has 107 heavy (non-hydrogen) atoms. The molecule has 0 amide bonds. The molecule has 10 aromatic carbocycles. The van der Waals surface area contributed by atoms with Gasteiger partial charge in [0, 0.05) is 87.9 Å². The summed E-state index contributed by atoms with van der Waals surface area (Å²) in [6.07, 6.45) is -0.684. The minimum Gasteiger partial charge on any atom is -1.00 e. The van der Waals surface area contributed by atoms with Gasteiger partial charge < -0.3 is 53.0 Å². The number of aryl methyl sites for hydroxylation is 2. The number of aliphatic hydroxyl groups is 1. The van der Waals surface area contributed by atoms with Crippen LogP contribution in [0.25, 0.3) is 44.5 Å². The van der Waals surface area contributed by atoms with Gasteiger partial charge in [0.15, 0.2) is 0 Å². The average Bonchev–Trinajstić information content (AvgIpc) is 1.73. The van der Waals surface area contributed by atoms with Gasteiger partial charge in [-0.15, -0.1) is 18.2 Å². The van der Waals surface area contributed by atoms with Crippen LogP contribution in [0.3, 0.4) is 0 Å². The van der Waals surface area contributed by atoms with E-state index in [2.05, 4.69) is 22.0 Å². The number of benzene rings is 10. The first-order valence-corrected chi connectivity index (χ1v) is 36.9. The van der Waals surface area contributed by atoms with Gasteiger partial charge >= 0.3 is 40.1 Å². The molecule has 568 valence electrons. The second-order valence-electron chi connectivity index (χ2n) is 22.2. The third kappa shape index (κ3) is 28.1. The van der Waals surface area contributed by atoms with Crippen molar-refractivity contribution in [2.45, 2.75) is 54.8 Å². The number of nitrogens with zero attached hydrogens (tertiary/aromatic N) is 1. The molecule has 0 spiro atoms. The summed E-state index contributed by atoms with van der Waals surface area (Å²) in [6.45, 7) is 9.35. The fourth-order valence-corrected chi connectivity index (χ4v) is 14.6. The summed E-state index contributed by atoms with van der Waals surface area (Å²) in [4.78, 5) is 0.169. The molecule has 0 unspecified atom stereocenters. The van der Waals surface area contributed by atoms with E-state index in [9.17, 15) is 39.5 Å². The van der Waals surface area contributed by atoms with Crippen LogP contribution in [0.4, 0.5) is 17.6 Å². The Bertz CT molecular complexity index is 4780. The maximum atomic E-state index is 14.4. The quantitative estimate of drug-likeness (QED) is 0.0265. The van der Waals surface area contributed by atoms with Crippen LogP contribution in [-0.2, 0) is 68.0 Å². The minimum absolute atomic E-state index is 0. The van der Waals surface area contributed by atoms with Crippen molar-refractivity contribution >= 4 is 166 Å². The largest absolute Gasteiger partial charge is 2.00 e. The summed E-state index contributed by atoms with van der Waals surface area (Å²) < 4.78 is 139. The zero-order valence-electron chi connectivity index (χ0n) is 56.7. The molecule has 1 N–H and O–H groups in total. The van der Waals surface area contributed by atoms with E-state index in [0.29, 0.717) is 126 Å². The molecular weight excluding hydrogens is 1770 g/mol. The number of hydrogen-bond acceptors (Lipinski definition) is 13. The van der Waals surface area contributed by atoms with Crippen LogP contribution in [0, 0.1) is 55.0 Å². The second kappa shape index (κ2) is 45.7. The van der Waals surface area contributed by atoms with E-state index in [0.717, 1.165) is 16.7 Å². The van der Waals surface area contributed by atoms with Gasteiger partial charge in [-0.3, -0.25) is 12.8 Å². The number of epoxide rings is 2. The van der Waals surface area contributed by atoms with Crippen LogP contribution in [-0.4, -0.2) is 111 Å². The Hall–Kier alpha value is -4.76. The summed E-state index contributed by atoms with van der Waals surface area (Å²) in [5.74, 6) is -0.438. The summed E-state index contributed by atoms with van der Waals surface area (Å²) in [5.41, 5.74) is 7.16. The molecule has 2 aliphatic rings. The fourth-order valence-electron chi connectivity index (χ4n) is 9.79. The molecule has 2 aliphatic heterocycles. The van der Waals surface area contributed by atoms with Gasteiger partial charge in [0.2, 0.25) is 0 Å². The molecular formula is C75H62BrCl9CuF4MgNO12S3. The van der Waals surface area contributed by atoms with Crippen molar-refractivity contribution in [3.8, 4) is 61.8 Å². The van der Waals surface area contributed by atoms with E-state index in [4.69, 9.17) is 137 Å². The minimum atomic E-state index is -4.05. The van der Waals surface area contributed by atoms with Crippen LogP contribution in [0.1, 0.15) is 22.3 Å². The van der Waals surface area contributed by atoms with Crippen LogP contribution in [0.15, 0.2) is 190 Å². The van der Waals surface area contributed by atoms with Crippen molar-refractivity contribution in [2.75, 3.05) is 47.8 Å². The molecule has 13 nitrogen and oxygen atoms in total. The van der Waals surface area contributed by atoms with E-state index < -0.39 is 44.6 Å². The standard InChI is InChI=1S/C23H21Cl2FO5S.C16H13Cl2FO2.C13H8Cl2FO.C12H6BrCl2F.C10H12O4S.CN.ClH.Cu.Mg.H2S/c1-14-6-8-18(9-7-14)32(28,29)31-13-17(27)11-15-10-16(26)12-19(23(15)30-2)22-20(24)4-3-5-21(22)25;1-20-16-9(6-11-8-21-11)5-10(19)7-12(16)15-13(17)3-2-4-14(15)18;1-17-12-6-5-8(16)7-9(12)13-10(14)3-2-4-11(13)15;13-8-4-7(5-9(16)6-8)12-10(14)2-1-3-11(12)15;1-8-2-4-10(5-3-8)15(11,12)14-7-9-6-13-9;1-2;;;;/h3-10,12,17,27H,11,13H2,1-2H3;2-5,7,11H,6,8H2,1H3;2-5,7H,1H3;1-6H;2-5,9H,6-7H2,1H3;;1H;;;1H2/q;;-1;;;-1;;+1;+2;/p-1/t17-;11-;;;9-;;;;;/m00..0...../s1. The molecule has 10 aromatic rings. The summed E-state index contributed by atoms with van der Waals surface area (Å²) in [7, 11) is -3.23. The predicted octanol–water partition coefficient (Wildman–Crippen LogP) is 18.3. The Kier molecular flexibility index (Phi) is 41.2. The summed E-state index contributed by atoms with van der Waals surface area (Å²) in [6, 6.07) is 48.1. The maximum absolute atomic E-state index is 14.4. The van der Waals surface area contributed by atoms with Gasteiger partial charge in [0.05, 0.1) is 89.8 Å². The van der Waals surface area contributed by atoms with Crippen molar-refractivity contribution in [2.24, 2.45) is 0 Å². The summed E-state index contributed by atoms with van der Waals surface area (Å²) >= 11 is 52.5. The zero-order valence-corrected chi connectivity index (χ0v) is 70.1. The van der Waals surface area contributed by atoms with Crippen molar-refractivity contribution in [1.29, 1.82) is 5.26 Å². The zero-order chi connectivity index (χ0) is 75.5. The van der Waals surface area contributed by atoms with E-state index in [-0.39, 0.29) is 118 Å². The molecule has 12 rings (SSSR count). The molecule has 32 heteroatoms. The van der Waals surface area contributed by atoms with Gasteiger partial charge in [-0.25, -0.2) is 13.2 Å². The van der Waals surface area contributed by atoms with Crippen LogP contribution in [0.5, 0.6) is 17.2 Å². The fraction of sp³-hybridized carbons (Fsp3) is 0.187. The monoisotopic (exact) mass is 1820 g/mol. The Labute approximate surface area is 707 Å². The third-order valence-corrected chi connectivity index (χ3v) is 20.3. The number of aliphatic hydroxyl groups excluding tert-OH is 1. The number of hydrogen-bond donors (Lipinski definition) is 1. The smallest absolute Gasteiger partial charge is 1.00 e. The van der Waals surface area contributed by atoms with Gasteiger partial charge in [-0.2, -0.15) is 30.3 Å². The van der Waals surface area contributed by atoms with Crippen molar-refractivity contribution in [1.82, 2.24) is 0 Å². The molecule has 2 saturated heterocycles. The number of halogens is 14. The first-order valence-electron chi connectivity index (χ1n) is 30.3. The normalized spacial score (nSPS) is 13.1. The number of methoxy groups -OCH3 is 3. The van der Waals surface area contributed by atoms with Gasteiger partial charge in [-0.1, -0.05) is 174 Å². The Morgan fingerprint density at radius 3 is 1.29 bits per heavy atom. The molecule has 0 aromatic heterocycles. The molecule has 2 fully saturated rings. The second-order valence-corrected chi connectivity index (χ2v) is 29.6. The van der Waals surface area contributed by atoms with Crippen molar-refractivity contribution in [3.05, 3.63) is 279 Å². The van der Waals surface area contributed by atoms with Gasteiger partial charge in [0.25, 0.3) is 20.2 Å². The van der Waals surface area contributed by atoms with E-state index in [1.807, 2.05) is 13.8 Å². The molecule has 0 saturated carbocycles. The number of ether oxygens (including phenoxy) is 5. The maximum Gasteiger partial charge on any atom is 2.00 e. The third-order valence-electron chi connectivity index (χ3n) is 14.7. The van der Waals surface area contributed by atoms with Gasteiger partial charge in [-0.05, 0) is 140 Å². The molecule has 2 heterocycles. The van der Waals surface area contributed by atoms with Crippen molar-refractivity contribution in [3.63, 3.8) is 0 Å². The van der Waals surface area contributed by atoms with E-state index in [1.165, 1.54) is 74.9 Å². The SMILES string of the molecule is COc1[c-]cc(F)cc1-c1c(Cl)cccc1Cl.COc1c(C[C@H](O)COS(=O)(=O)c2ccc(C)cc2)cc(F)cc1-c1c(Cl)cccc1Cl.COc1c(C[C@H]2CO2)cc(F)cc1-c1c(Cl)cccc1Cl.Cc1ccc(S(=O)(=O)OC[C@@H]2CO2)cc1.Fc1cc(Br)cc(-c2c(Cl)cccc2Cl)c1.S.[C-]#N.[Cl-].[Cu+].[Mg+2]. The van der Waals surface area contributed by atoms with E-state index >= 15 is 0 Å². The molecule has 3 atom stereocenters. The van der Waals surface area contributed by atoms with Gasteiger partial charge in [0.1, 0.15) is 35.1 Å². The summed E-state index contributed by atoms with van der Waals surface area (Å²) in [5, 5.41) is 20.1. The Morgan fingerprint density at radius 2 is 0.897 bits per heavy atom. The number of rotatable bonds is 19. The molecule has 0 aliphatic carbocycles. The first-order chi connectivity index (χ1) is 49.0. The Morgan fingerprint density at radius 1 is 0.533 bits per heavy atom. The molecule has 0 radical (unpaired) electrons. The van der Waals surface area contributed by atoms with Crippen molar-refractivity contribution < 1.29 is 101 Å². The van der Waals surface area contributed by atoms with Crippen LogP contribution >= 0.6 is 122 Å². The molecule has 0 bridgehead atoms. The predicted molar refractivity (Wildman–Crippen MR) is 416 cm³/mol.